The van der Waals surface area contributed by atoms with Crippen molar-refractivity contribution in [3.8, 4) is 0 Å². The molecule has 0 saturated carbocycles. The molecular formula is C11H18N2O. The summed E-state index contributed by atoms with van der Waals surface area (Å²) in [5, 5.41) is 12.2. The second kappa shape index (κ2) is 4.86. The molecule has 0 unspecified atom stereocenters. The van der Waals surface area contributed by atoms with Crippen molar-refractivity contribution in [2.75, 3.05) is 30.9 Å². The van der Waals surface area contributed by atoms with Crippen molar-refractivity contribution in [1.82, 2.24) is 0 Å². The summed E-state index contributed by atoms with van der Waals surface area (Å²) in [5.41, 5.74) is 2.21. The number of nitrogens with zero attached hydrogens (tertiary/aromatic N) is 1. The Kier molecular flexibility index (Phi) is 3.77. The van der Waals surface area contributed by atoms with Gasteiger partial charge in [0, 0.05) is 32.0 Å². The first-order chi connectivity index (χ1) is 6.59. The van der Waals surface area contributed by atoms with E-state index >= 15 is 0 Å². The van der Waals surface area contributed by atoms with E-state index in [1.807, 2.05) is 38.4 Å². The van der Waals surface area contributed by atoms with Gasteiger partial charge in [-0.25, -0.2) is 0 Å². The van der Waals surface area contributed by atoms with Crippen LogP contribution in [-0.2, 0) is 0 Å². The fourth-order valence-electron chi connectivity index (χ4n) is 1.14. The summed E-state index contributed by atoms with van der Waals surface area (Å²) in [5.74, 6) is 0. The van der Waals surface area contributed by atoms with Crippen LogP contribution in [-0.4, -0.2) is 31.9 Å². The fraction of sp³-hybridized carbons (Fsp3) is 0.455. The largest absolute Gasteiger partial charge is 0.392 e. The summed E-state index contributed by atoms with van der Waals surface area (Å²) in [6.07, 6.45) is -0.316. The SMILES string of the molecule is C[C@H](O)CNc1ccc(N(C)C)cc1. The third-order valence-electron chi connectivity index (χ3n) is 1.99. The van der Waals surface area contributed by atoms with Gasteiger partial charge in [-0.15, -0.1) is 0 Å². The van der Waals surface area contributed by atoms with Gasteiger partial charge in [-0.1, -0.05) is 0 Å². The zero-order chi connectivity index (χ0) is 10.6. The van der Waals surface area contributed by atoms with E-state index in [0.29, 0.717) is 6.54 Å². The van der Waals surface area contributed by atoms with E-state index in [4.69, 9.17) is 5.11 Å². The maximum atomic E-state index is 9.09. The molecule has 3 nitrogen and oxygen atoms in total. The van der Waals surface area contributed by atoms with E-state index in [2.05, 4.69) is 10.2 Å². The Labute approximate surface area is 85.4 Å². The van der Waals surface area contributed by atoms with E-state index in [0.717, 1.165) is 5.69 Å². The number of rotatable bonds is 4. The Morgan fingerprint density at radius 2 is 1.86 bits per heavy atom. The summed E-state index contributed by atoms with van der Waals surface area (Å²) < 4.78 is 0. The Hall–Kier alpha value is -1.22. The monoisotopic (exact) mass is 194 g/mol. The molecule has 0 amide bonds. The van der Waals surface area contributed by atoms with Crippen LogP contribution in [0.2, 0.25) is 0 Å². The quantitative estimate of drug-likeness (QED) is 0.763. The highest BCUT2D eigenvalue weighted by Gasteiger charge is 1.97. The zero-order valence-corrected chi connectivity index (χ0v) is 8.99. The molecule has 0 bridgehead atoms. The van der Waals surface area contributed by atoms with Crippen molar-refractivity contribution in [3.05, 3.63) is 24.3 Å². The first-order valence-corrected chi connectivity index (χ1v) is 4.79. The van der Waals surface area contributed by atoms with Crippen LogP contribution in [0.3, 0.4) is 0 Å². The van der Waals surface area contributed by atoms with E-state index < -0.39 is 0 Å². The highest BCUT2D eigenvalue weighted by Crippen LogP contribution is 2.15. The maximum Gasteiger partial charge on any atom is 0.0684 e. The Balaban J connectivity index is 2.55. The molecule has 0 aliphatic carbocycles. The maximum absolute atomic E-state index is 9.09. The lowest BCUT2D eigenvalue weighted by molar-refractivity contribution is 0.208. The van der Waals surface area contributed by atoms with Crippen LogP contribution >= 0.6 is 0 Å². The fourth-order valence-corrected chi connectivity index (χ4v) is 1.14. The summed E-state index contributed by atoms with van der Waals surface area (Å²) in [7, 11) is 4.02. The van der Waals surface area contributed by atoms with Crippen molar-refractivity contribution >= 4 is 11.4 Å². The number of hydrogen-bond acceptors (Lipinski definition) is 3. The van der Waals surface area contributed by atoms with Crippen LogP contribution in [0.15, 0.2) is 24.3 Å². The van der Waals surface area contributed by atoms with Gasteiger partial charge in [0.1, 0.15) is 0 Å². The van der Waals surface area contributed by atoms with Gasteiger partial charge in [0.15, 0.2) is 0 Å². The van der Waals surface area contributed by atoms with Gasteiger partial charge < -0.3 is 15.3 Å². The van der Waals surface area contributed by atoms with Gasteiger partial charge >= 0.3 is 0 Å². The average Bonchev–Trinajstić information content (AvgIpc) is 2.15. The van der Waals surface area contributed by atoms with Crippen molar-refractivity contribution < 1.29 is 5.11 Å². The first kappa shape index (κ1) is 10.9. The van der Waals surface area contributed by atoms with Gasteiger partial charge in [-0.2, -0.15) is 0 Å². The lowest BCUT2D eigenvalue weighted by Crippen LogP contribution is -2.15. The molecule has 2 N–H and O–H groups in total. The molecule has 78 valence electrons. The number of nitrogens with one attached hydrogen (secondary N) is 1. The smallest absolute Gasteiger partial charge is 0.0684 e. The summed E-state index contributed by atoms with van der Waals surface area (Å²) in [6, 6.07) is 8.12. The molecule has 3 heteroatoms. The minimum absolute atomic E-state index is 0.316. The van der Waals surface area contributed by atoms with Crippen LogP contribution in [0, 0.1) is 0 Å². The molecule has 0 aromatic heterocycles. The third kappa shape index (κ3) is 3.26. The van der Waals surface area contributed by atoms with Crippen LogP contribution in [0.1, 0.15) is 6.92 Å². The summed E-state index contributed by atoms with van der Waals surface area (Å²) in [6.45, 7) is 2.35. The molecule has 0 spiro atoms. The first-order valence-electron chi connectivity index (χ1n) is 4.79. The van der Waals surface area contributed by atoms with E-state index in [-0.39, 0.29) is 6.10 Å². The minimum Gasteiger partial charge on any atom is -0.392 e. The van der Waals surface area contributed by atoms with Gasteiger partial charge in [-0.05, 0) is 31.2 Å². The topological polar surface area (TPSA) is 35.5 Å². The number of benzene rings is 1. The molecule has 0 radical (unpaired) electrons. The second-order valence-corrected chi connectivity index (χ2v) is 3.67. The third-order valence-corrected chi connectivity index (χ3v) is 1.99. The van der Waals surface area contributed by atoms with Gasteiger partial charge in [0.2, 0.25) is 0 Å². The van der Waals surface area contributed by atoms with Crippen molar-refractivity contribution in [1.29, 1.82) is 0 Å². The van der Waals surface area contributed by atoms with Gasteiger partial charge in [-0.3, -0.25) is 0 Å². The summed E-state index contributed by atoms with van der Waals surface area (Å²) >= 11 is 0. The highest BCUT2D eigenvalue weighted by molar-refractivity contribution is 5.54. The van der Waals surface area contributed by atoms with Crippen LogP contribution < -0.4 is 10.2 Å². The molecule has 1 rings (SSSR count). The van der Waals surface area contributed by atoms with E-state index in [1.54, 1.807) is 6.92 Å². The zero-order valence-electron chi connectivity index (χ0n) is 8.99. The Bertz CT molecular complexity index is 267. The molecular weight excluding hydrogens is 176 g/mol. The van der Waals surface area contributed by atoms with Crippen molar-refractivity contribution in [2.24, 2.45) is 0 Å². The molecule has 14 heavy (non-hydrogen) atoms. The van der Waals surface area contributed by atoms with Crippen LogP contribution in [0.5, 0.6) is 0 Å². The predicted molar refractivity (Wildman–Crippen MR) is 60.9 cm³/mol. The molecule has 1 aromatic carbocycles. The summed E-state index contributed by atoms with van der Waals surface area (Å²) in [4.78, 5) is 2.05. The van der Waals surface area contributed by atoms with Gasteiger partial charge in [0.25, 0.3) is 0 Å². The molecule has 0 aliphatic heterocycles. The Morgan fingerprint density at radius 3 is 2.29 bits per heavy atom. The van der Waals surface area contributed by atoms with Crippen LogP contribution in [0.25, 0.3) is 0 Å². The lowest BCUT2D eigenvalue weighted by atomic mass is 10.2. The van der Waals surface area contributed by atoms with Gasteiger partial charge in [0.05, 0.1) is 6.10 Å². The number of anilines is 2. The minimum atomic E-state index is -0.316. The number of aliphatic hydroxyl groups excluding tert-OH is 1. The van der Waals surface area contributed by atoms with Crippen LogP contribution in [0.4, 0.5) is 11.4 Å². The Morgan fingerprint density at radius 1 is 1.29 bits per heavy atom. The van der Waals surface area contributed by atoms with Crippen molar-refractivity contribution in [3.63, 3.8) is 0 Å². The molecule has 0 fully saturated rings. The predicted octanol–water partition coefficient (Wildman–Crippen LogP) is 1.55. The number of hydrogen-bond donors (Lipinski definition) is 2. The standard InChI is InChI=1S/C11H18N2O/c1-9(14)8-12-10-4-6-11(7-5-10)13(2)3/h4-7,9,12,14H,8H2,1-3H3/t9-/m0/s1. The normalized spacial score (nSPS) is 12.3. The van der Waals surface area contributed by atoms with E-state index in [1.165, 1.54) is 5.69 Å². The average molecular weight is 194 g/mol. The molecule has 0 saturated heterocycles. The highest BCUT2D eigenvalue weighted by atomic mass is 16.3. The second-order valence-electron chi connectivity index (χ2n) is 3.67. The lowest BCUT2D eigenvalue weighted by Gasteiger charge is -2.13. The molecule has 1 aromatic rings. The van der Waals surface area contributed by atoms with Crippen molar-refractivity contribution in [2.45, 2.75) is 13.0 Å². The molecule has 1 atom stereocenters. The molecule has 0 heterocycles. The van der Waals surface area contributed by atoms with E-state index in [9.17, 15) is 0 Å². The number of aliphatic hydroxyl groups is 1. The molecule has 0 aliphatic rings.